The van der Waals surface area contributed by atoms with Crippen LogP contribution in [-0.2, 0) is 16.1 Å². The van der Waals surface area contributed by atoms with Crippen LogP contribution < -0.4 is 0 Å². The van der Waals surface area contributed by atoms with Gasteiger partial charge in [-0.15, -0.1) is 0 Å². The van der Waals surface area contributed by atoms with Crippen LogP contribution in [0.3, 0.4) is 0 Å². The van der Waals surface area contributed by atoms with E-state index in [0.29, 0.717) is 44.2 Å². The van der Waals surface area contributed by atoms with Crippen molar-refractivity contribution in [2.45, 2.75) is 43.9 Å². The van der Waals surface area contributed by atoms with Crippen molar-refractivity contribution in [2.24, 2.45) is 0 Å². The highest BCUT2D eigenvalue weighted by Gasteiger charge is 2.43. The van der Waals surface area contributed by atoms with Crippen molar-refractivity contribution in [3.8, 4) is 0 Å². The van der Waals surface area contributed by atoms with Gasteiger partial charge in [0.25, 0.3) is 5.91 Å². The molecule has 2 saturated heterocycles. The van der Waals surface area contributed by atoms with Crippen LogP contribution >= 0.6 is 0 Å². The van der Waals surface area contributed by atoms with Gasteiger partial charge in [-0.3, -0.25) is 9.69 Å². The molecule has 2 fully saturated rings. The summed E-state index contributed by atoms with van der Waals surface area (Å²) in [5.41, 5.74) is -0.927. The monoisotopic (exact) mass is 368 g/mol. The zero-order chi connectivity index (χ0) is 18.7. The first kappa shape index (κ1) is 19.2. The zero-order valence-electron chi connectivity index (χ0n) is 15.1. The van der Waals surface area contributed by atoms with Gasteiger partial charge < -0.3 is 14.7 Å². The Morgan fingerprint density at radius 3 is 2.73 bits per heavy atom. The summed E-state index contributed by atoms with van der Waals surface area (Å²) in [7, 11) is 1.93. The molecule has 0 aliphatic carbocycles. The van der Waals surface area contributed by atoms with E-state index in [-0.39, 0.29) is 19.0 Å². The molecule has 0 spiro atoms. The summed E-state index contributed by atoms with van der Waals surface area (Å²) < 4.78 is 31.9. The third-order valence-corrected chi connectivity index (χ3v) is 5.39. The number of carbonyl (C=O) groups excluding carboxylic acids is 1. The third-order valence-electron chi connectivity index (χ3n) is 5.39. The van der Waals surface area contributed by atoms with E-state index in [0.717, 1.165) is 25.0 Å². The Hall–Kier alpha value is -1.57. The number of carbonyl (C=O) groups is 1. The largest absolute Gasteiger partial charge is 0.381 e. The molecule has 3 rings (SSSR count). The van der Waals surface area contributed by atoms with Crippen LogP contribution in [0, 0.1) is 11.6 Å². The SMILES string of the molecule is CN(C[C@@]1(O)CCCN(Cc2ccc(F)c(F)c2)C1=O)C1CCOCC1. The van der Waals surface area contributed by atoms with Crippen molar-refractivity contribution >= 4 is 5.91 Å². The van der Waals surface area contributed by atoms with Gasteiger partial charge in [0.1, 0.15) is 0 Å². The molecule has 1 aromatic rings. The number of likely N-dealkylation sites (tertiary alicyclic amines) is 1. The topological polar surface area (TPSA) is 53.0 Å². The van der Waals surface area contributed by atoms with Crippen molar-refractivity contribution in [1.29, 1.82) is 0 Å². The molecular formula is C19H26F2N2O3. The van der Waals surface area contributed by atoms with Crippen LogP contribution in [0.15, 0.2) is 18.2 Å². The summed E-state index contributed by atoms with van der Waals surface area (Å²) >= 11 is 0. The molecule has 1 amide bonds. The van der Waals surface area contributed by atoms with Gasteiger partial charge >= 0.3 is 0 Å². The predicted octanol–water partition coefficient (Wildman–Crippen LogP) is 1.93. The average molecular weight is 368 g/mol. The fourth-order valence-electron chi connectivity index (χ4n) is 3.89. The molecule has 5 nitrogen and oxygen atoms in total. The smallest absolute Gasteiger partial charge is 0.256 e. The Morgan fingerprint density at radius 1 is 1.31 bits per heavy atom. The summed E-state index contributed by atoms with van der Waals surface area (Å²) in [5.74, 6) is -2.18. The van der Waals surface area contributed by atoms with E-state index in [1.54, 1.807) is 0 Å². The normalized spacial score (nSPS) is 25.1. The van der Waals surface area contributed by atoms with Gasteiger partial charge in [-0.25, -0.2) is 8.78 Å². The van der Waals surface area contributed by atoms with Gasteiger partial charge in [-0.05, 0) is 50.4 Å². The van der Waals surface area contributed by atoms with Crippen LogP contribution in [0.4, 0.5) is 8.78 Å². The van der Waals surface area contributed by atoms with Gasteiger partial charge in [-0.2, -0.15) is 0 Å². The van der Waals surface area contributed by atoms with E-state index >= 15 is 0 Å². The summed E-state index contributed by atoms with van der Waals surface area (Å²) in [4.78, 5) is 16.5. The first-order valence-electron chi connectivity index (χ1n) is 9.13. The Labute approximate surface area is 152 Å². The van der Waals surface area contributed by atoms with Crippen molar-refractivity contribution in [3.05, 3.63) is 35.4 Å². The maximum Gasteiger partial charge on any atom is 0.256 e. The maximum atomic E-state index is 13.4. The van der Waals surface area contributed by atoms with Crippen LogP contribution in [0.2, 0.25) is 0 Å². The molecule has 144 valence electrons. The first-order valence-corrected chi connectivity index (χ1v) is 9.13. The molecule has 1 N–H and O–H groups in total. The Kier molecular flexibility index (Phi) is 5.89. The molecule has 2 heterocycles. The number of aliphatic hydroxyl groups is 1. The molecule has 26 heavy (non-hydrogen) atoms. The van der Waals surface area contributed by atoms with Gasteiger partial charge in [0, 0.05) is 38.9 Å². The Balaban J connectivity index is 1.66. The fourth-order valence-corrected chi connectivity index (χ4v) is 3.89. The number of piperidine rings is 1. The summed E-state index contributed by atoms with van der Waals surface area (Å²) in [6, 6.07) is 3.92. The molecule has 1 atom stereocenters. The standard InChI is InChI=1S/C19H26F2N2O3/c1-22(15-5-9-26-10-6-15)13-19(25)7-2-8-23(18(19)24)12-14-3-4-16(20)17(21)11-14/h3-4,11,15,25H,2,5-10,12-13H2,1H3/t19-/m0/s1. The number of likely N-dealkylation sites (N-methyl/N-ethyl adjacent to an activating group) is 1. The van der Waals surface area contributed by atoms with Crippen molar-refractivity contribution < 1.29 is 23.4 Å². The van der Waals surface area contributed by atoms with Gasteiger partial charge in [0.05, 0.1) is 0 Å². The Morgan fingerprint density at radius 2 is 2.04 bits per heavy atom. The summed E-state index contributed by atoms with van der Waals surface area (Å²) in [6.07, 6.45) is 2.86. The molecular weight excluding hydrogens is 342 g/mol. The van der Waals surface area contributed by atoms with Crippen LogP contribution in [-0.4, -0.2) is 65.8 Å². The van der Waals surface area contributed by atoms with Crippen molar-refractivity contribution in [3.63, 3.8) is 0 Å². The number of benzene rings is 1. The number of hydrogen-bond donors (Lipinski definition) is 1. The molecule has 2 aliphatic heterocycles. The number of amides is 1. The molecule has 0 aromatic heterocycles. The van der Waals surface area contributed by atoms with Gasteiger partial charge in [-0.1, -0.05) is 6.07 Å². The van der Waals surface area contributed by atoms with Crippen LogP contribution in [0.5, 0.6) is 0 Å². The van der Waals surface area contributed by atoms with E-state index in [1.807, 2.05) is 11.9 Å². The number of hydrogen-bond acceptors (Lipinski definition) is 4. The summed E-state index contributed by atoms with van der Waals surface area (Å²) in [5, 5.41) is 11.0. The fraction of sp³-hybridized carbons (Fsp3) is 0.632. The first-order chi connectivity index (χ1) is 12.4. The quantitative estimate of drug-likeness (QED) is 0.863. The van der Waals surface area contributed by atoms with Gasteiger partial charge in [0.2, 0.25) is 0 Å². The molecule has 0 saturated carbocycles. The molecule has 0 unspecified atom stereocenters. The highest BCUT2D eigenvalue weighted by molar-refractivity contribution is 5.86. The number of ether oxygens (including phenoxy) is 1. The molecule has 0 radical (unpaired) electrons. The molecule has 1 aromatic carbocycles. The Bertz CT molecular complexity index is 652. The van der Waals surface area contributed by atoms with E-state index in [1.165, 1.54) is 11.0 Å². The van der Waals surface area contributed by atoms with E-state index in [4.69, 9.17) is 4.74 Å². The van der Waals surface area contributed by atoms with Crippen molar-refractivity contribution in [1.82, 2.24) is 9.80 Å². The minimum atomic E-state index is -1.44. The van der Waals surface area contributed by atoms with Crippen LogP contribution in [0.1, 0.15) is 31.2 Å². The van der Waals surface area contributed by atoms with E-state index in [9.17, 15) is 18.7 Å². The highest BCUT2D eigenvalue weighted by Crippen LogP contribution is 2.27. The minimum absolute atomic E-state index is 0.166. The van der Waals surface area contributed by atoms with Gasteiger partial charge in [0.15, 0.2) is 17.2 Å². The molecule has 0 bridgehead atoms. The number of nitrogens with zero attached hydrogens (tertiary/aromatic N) is 2. The van der Waals surface area contributed by atoms with E-state index < -0.39 is 17.2 Å². The van der Waals surface area contributed by atoms with Crippen molar-refractivity contribution in [2.75, 3.05) is 33.4 Å². The van der Waals surface area contributed by atoms with Crippen LogP contribution in [0.25, 0.3) is 0 Å². The lowest BCUT2D eigenvalue weighted by molar-refractivity contribution is -0.161. The minimum Gasteiger partial charge on any atom is -0.381 e. The number of halogens is 2. The second kappa shape index (κ2) is 7.98. The second-order valence-electron chi connectivity index (χ2n) is 7.37. The summed E-state index contributed by atoms with van der Waals surface area (Å²) in [6.45, 7) is 2.33. The highest BCUT2D eigenvalue weighted by atomic mass is 19.2. The molecule has 7 heteroatoms. The second-order valence-corrected chi connectivity index (χ2v) is 7.37. The zero-order valence-corrected chi connectivity index (χ0v) is 15.1. The molecule has 2 aliphatic rings. The third kappa shape index (κ3) is 4.22. The number of rotatable bonds is 5. The predicted molar refractivity (Wildman–Crippen MR) is 92.4 cm³/mol. The maximum absolute atomic E-state index is 13.4. The average Bonchev–Trinajstić information content (AvgIpc) is 2.63. The lowest BCUT2D eigenvalue weighted by atomic mass is 9.90. The van der Waals surface area contributed by atoms with E-state index in [2.05, 4.69) is 0 Å². The lowest BCUT2D eigenvalue weighted by Gasteiger charge is -2.42. The lowest BCUT2D eigenvalue weighted by Crippen LogP contribution is -2.59.